The van der Waals surface area contributed by atoms with Gasteiger partial charge in [-0.15, -0.1) is 0 Å². The maximum absolute atomic E-state index is 3.56. The monoisotopic (exact) mass is 311 g/mol. The van der Waals surface area contributed by atoms with Gasteiger partial charge in [0.1, 0.15) is 0 Å². The van der Waals surface area contributed by atoms with Crippen LogP contribution in [0.3, 0.4) is 0 Å². The van der Waals surface area contributed by atoms with Gasteiger partial charge in [0.15, 0.2) is 6.29 Å². The van der Waals surface area contributed by atoms with Crippen LogP contribution in [0.15, 0.2) is 24.3 Å². The van der Waals surface area contributed by atoms with Crippen LogP contribution in [-0.4, -0.2) is 13.3 Å². The van der Waals surface area contributed by atoms with Crippen LogP contribution >= 0.6 is 0 Å². The van der Waals surface area contributed by atoms with E-state index in [-0.39, 0.29) is 17.1 Å². The van der Waals surface area contributed by atoms with Gasteiger partial charge in [-0.05, 0) is 46.5 Å². The fraction of sp³-hybridized carbons (Fsp3) is 0.500. The highest BCUT2D eigenvalue weighted by Gasteiger charge is 2.24. The molecule has 124 valence electrons. The van der Waals surface area contributed by atoms with Crippen molar-refractivity contribution in [1.82, 2.24) is 5.32 Å². The maximum atomic E-state index is 3.56. The number of rotatable bonds is 1. The minimum atomic E-state index is 0.0520. The van der Waals surface area contributed by atoms with Crippen molar-refractivity contribution in [1.29, 1.82) is 0 Å². The van der Waals surface area contributed by atoms with Crippen LogP contribution in [0.4, 0.5) is 11.4 Å². The predicted octanol–water partition coefficient (Wildman–Crippen LogP) is 4.78. The lowest BCUT2D eigenvalue weighted by molar-refractivity contribution is 0.588. The summed E-state index contributed by atoms with van der Waals surface area (Å²) in [6.07, 6.45) is 0.0520. The van der Waals surface area contributed by atoms with Gasteiger partial charge in [-0.1, -0.05) is 53.7 Å². The molecule has 0 aromatic heterocycles. The van der Waals surface area contributed by atoms with E-state index in [4.69, 9.17) is 0 Å². The highest BCUT2D eigenvalue weighted by Crippen LogP contribution is 2.41. The summed E-state index contributed by atoms with van der Waals surface area (Å²) in [5.74, 6) is 0. The third kappa shape index (κ3) is 2.90. The van der Waals surface area contributed by atoms with E-state index in [1.807, 2.05) is 7.05 Å². The van der Waals surface area contributed by atoms with Crippen LogP contribution < -0.4 is 16.0 Å². The Morgan fingerprint density at radius 2 is 1.22 bits per heavy atom. The Bertz CT molecular complexity index is 689. The van der Waals surface area contributed by atoms with Gasteiger partial charge in [0.2, 0.25) is 0 Å². The first kappa shape index (κ1) is 16.1. The van der Waals surface area contributed by atoms with Gasteiger partial charge in [-0.3, -0.25) is 5.32 Å². The molecular weight excluding hydrogens is 282 g/mol. The molecule has 1 aliphatic rings. The van der Waals surface area contributed by atoms with Gasteiger partial charge < -0.3 is 10.6 Å². The van der Waals surface area contributed by atoms with E-state index in [0.29, 0.717) is 0 Å². The highest BCUT2D eigenvalue weighted by atomic mass is 15.3. The molecule has 0 fully saturated rings. The summed E-state index contributed by atoms with van der Waals surface area (Å²) in [5.41, 5.74) is 5.40. The predicted molar refractivity (Wildman–Crippen MR) is 101 cm³/mol. The van der Waals surface area contributed by atoms with Gasteiger partial charge in [-0.25, -0.2) is 0 Å². The van der Waals surface area contributed by atoms with Crippen molar-refractivity contribution in [3.8, 4) is 0 Å². The molecule has 0 aliphatic carbocycles. The quantitative estimate of drug-likeness (QED) is 0.709. The normalized spacial score (nSPS) is 15.4. The molecule has 2 aromatic carbocycles. The zero-order valence-corrected chi connectivity index (χ0v) is 15.4. The van der Waals surface area contributed by atoms with Crippen molar-refractivity contribution in [3.05, 3.63) is 35.4 Å². The Hall–Kier alpha value is -1.74. The van der Waals surface area contributed by atoms with E-state index >= 15 is 0 Å². The topological polar surface area (TPSA) is 36.1 Å². The molecule has 0 atom stereocenters. The molecule has 0 amide bonds. The molecule has 3 heteroatoms. The number of benzene rings is 2. The SMILES string of the molecule is CNC1Nc2cc(C(C)(C)C)cc3cc(C(C)(C)C)cc(c23)N1. The zero-order valence-electron chi connectivity index (χ0n) is 15.4. The molecule has 0 bridgehead atoms. The average Bonchev–Trinajstić information content (AvgIpc) is 2.44. The van der Waals surface area contributed by atoms with E-state index in [1.54, 1.807) is 0 Å². The van der Waals surface area contributed by atoms with Gasteiger partial charge in [0.25, 0.3) is 0 Å². The van der Waals surface area contributed by atoms with Crippen LogP contribution in [0, 0.1) is 0 Å². The summed E-state index contributed by atoms with van der Waals surface area (Å²) < 4.78 is 0. The third-order valence-corrected chi connectivity index (χ3v) is 4.67. The zero-order chi connectivity index (χ0) is 17.0. The van der Waals surface area contributed by atoms with E-state index in [0.717, 1.165) is 0 Å². The number of anilines is 2. The number of nitrogens with one attached hydrogen (secondary N) is 3. The fourth-order valence-electron chi connectivity index (χ4n) is 3.10. The molecule has 0 radical (unpaired) electrons. The van der Waals surface area contributed by atoms with E-state index in [2.05, 4.69) is 81.8 Å². The van der Waals surface area contributed by atoms with Crippen molar-refractivity contribution in [2.24, 2.45) is 0 Å². The van der Waals surface area contributed by atoms with Gasteiger partial charge in [0, 0.05) is 16.8 Å². The lowest BCUT2D eigenvalue weighted by atomic mass is 9.82. The van der Waals surface area contributed by atoms with Crippen molar-refractivity contribution < 1.29 is 0 Å². The molecule has 0 saturated carbocycles. The van der Waals surface area contributed by atoms with Gasteiger partial charge >= 0.3 is 0 Å². The van der Waals surface area contributed by atoms with Gasteiger partial charge in [-0.2, -0.15) is 0 Å². The lowest BCUT2D eigenvalue weighted by Crippen LogP contribution is -2.42. The Kier molecular flexibility index (Phi) is 3.60. The van der Waals surface area contributed by atoms with Crippen molar-refractivity contribution in [2.75, 3.05) is 17.7 Å². The molecule has 3 N–H and O–H groups in total. The van der Waals surface area contributed by atoms with Crippen molar-refractivity contribution >= 4 is 22.1 Å². The van der Waals surface area contributed by atoms with Crippen LogP contribution in [0.5, 0.6) is 0 Å². The van der Waals surface area contributed by atoms with E-state index < -0.39 is 0 Å². The minimum Gasteiger partial charge on any atom is -0.353 e. The number of hydrogen-bond donors (Lipinski definition) is 3. The minimum absolute atomic E-state index is 0.0520. The Morgan fingerprint density at radius 1 is 0.783 bits per heavy atom. The first-order valence-corrected chi connectivity index (χ1v) is 8.43. The summed E-state index contributed by atoms with van der Waals surface area (Å²) in [4.78, 5) is 0. The van der Waals surface area contributed by atoms with E-state index in [9.17, 15) is 0 Å². The molecule has 0 saturated heterocycles. The summed E-state index contributed by atoms with van der Waals surface area (Å²) in [7, 11) is 1.97. The Labute approximate surface area is 139 Å². The van der Waals surface area contributed by atoms with Crippen LogP contribution in [0.25, 0.3) is 10.8 Å². The van der Waals surface area contributed by atoms with Crippen LogP contribution in [-0.2, 0) is 10.8 Å². The van der Waals surface area contributed by atoms with Crippen molar-refractivity contribution in [2.45, 2.75) is 58.7 Å². The third-order valence-electron chi connectivity index (χ3n) is 4.67. The van der Waals surface area contributed by atoms with Crippen LogP contribution in [0.1, 0.15) is 52.7 Å². The maximum Gasteiger partial charge on any atom is 0.152 e. The largest absolute Gasteiger partial charge is 0.353 e. The first-order chi connectivity index (χ1) is 10.6. The molecule has 1 aliphatic heterocycles. The second-order valence-corrected chi connectivity index (χ2v) is 8.66. The molecule has 0 unspecified atom stereocenters. The van der Waals surface area contributed by atoms with Gasteiger partial charge in [0.05, 0.1) is 0 Å². The molecule has 2 aromatic rings. The second kappa shape index (κ2) is 5.13. The molecule has 3 nitrogen and oxygen atoms in total. The Morgan fingerprint density at radius 3 is 1.57 bits per heavy atom. The van der Waals surface area contributed by atoms with Crippen LogP contribution in [0.2, 0.25) is 0 Å². The molecule has 23 heavy (non-hydrogen) atoms. The smallest absolute Gasteiger partial charge is 0.152 e. The fourth-order valence-corrected chi connectivity index (χ4v) is 3.10. The molecule has 0 spiro atoms. The molecular formula is C20H29N3. The summed E-state index contributed by atoms with van der Waals surface area (Å²) in [6, 6.07) is 9.29. The standard InChI is InChI=1S/C20H29N3/c1-19(2,3)13-8-12-9-14(20(4,5)6)11-16-17(12)15(10-13)22-18(21-7)23-16/h8-11,18,21-23H,1-7H3. The lowest BCUT2D eigenvalue weighted by Gasteiger charge is -2.32. The summed E-state index contributed by atoms with van der Waals surface area (Å²) in [5, 5.41) is 13.0. The van der Waals surface area contributed by atoms with E-state index in [1.165, 1.54) is 33.3 Å². The average molecular weight is 311 g/mol. The molecule has 1 heterocycles. The molecule has 3 rings (SSSR count). The van der Waals surface area contributed by atoms with Crippen molar-refractivity contribution in [3.63, 3.8) is 0 Å². The second-order valence-electron chi connectivity index (χ2n) is 8.66. The first-order valence-electron chi connectivity index (χ1n) is 8.43. The Balaban J connectivity index is 2.31. The summed E-state index contributed by atoms with van der Waals surface area (Å²) in [6.45, 7) is 13.6. The highest BCUT2D eigenvalue weighted by molar-refractivity contribution is 6.06. The number of hydrogen-bond acceptors (Lipinski definition) is 3. The summed E-state index contributed by atoms with van der Waals surface area (Å²) >= 11 is 0.